The summed E-state index contributed by atoms with van der Waals surface area (Å²) in [5, 5.41) is 5.72. The van der Waals surface area contributed by atoms with Crippen LogP contribution in [-0.2, 0) is 4.74 Å². The highest BCUT2D eigenvalue weighted by Gasteiger charge is 2.16. The first-order valence-corrected chi connectivity index (χ1v) is 10.7. The van der Waals surface area contributed by atoms with E-state index in [0.717, 1.165) is 30.7 Å². The number of rotatable bonds is 7. The molecule has 1 unspecified atom stereocenters. The van der Waals surface area contributed by atoms with Crippen LogP contribution in [0, 0.1) is 6.92 Å². The molecular weight excluding hydrogens is 404 g/mol. The minimum absolute atomic E-state index is 0.147. The maximum absolute atomic E-state index is 12.6. The van der Waals surface area contributed by atoms with Crippen LogP contribution < -0.4 is 15.4 Å². The quantitative estimate of drug-likeness (QED) is 0.549. The average Bonchev–Trinajstić information content (AvgIpc) is 3.32. The van der Waals surface area contributed by atoms with Gasteiger partial charge in [0.25, 0.3) is 11.8 Å². The zero-order chi connectivity index (χ0) is 22.3. The molecule has 4 rings (SSSR count). The van der Waals surface area contributed by atoms with Crippen LogP contribution in [0.4, 0.5) is 11.4 Å². The van der Waals surface area contributed by atoms with Crippen molar-refractivity contribution >= 4 is 23.2 Å². The molecule has 164 valence electrons. The molecule has 3 aromatic rings. The topological polar surface area (TPSA) is 76.7 Å². The van der Waals surface area contributed by atoms with Gasteiger partial charge in [-0.15, -0.1) is 0 Å². The maximum atomic E-state index is 12.6. The molecule has 0 aliphatic carbocycles. The van der Waals surface area contributed by atoms with E-state index in [4.69, 9.17) is 9.47 Å². The lowest BCUT2D eigenvalue weighted by Crippen LogP contribution is -2.16. The van der Waals surface area contributed by atoms with E-state index < -0.39 is 0 Å². The van der Waals surface area contributed by atoms with E-state index in [2.05, 4.69) is 10.6 Å². The SMILES string of the molecule is Cc1cccc(NC(=O)c2cccc(NC(=O)c3ccc(OCC4CCCO4)cc3)c2)c1. The Balaban J connectivity index is 1.35. The lowest BCUT2D eigenvalue weighted by Gasteiger charge is -2.12. The van der Waals surface area contributed by atoms with Crippen LogP contribution >= 0.6 is 0 Å². The number of hydrogen-bond acceptors (Lipinski definition) is 4. The summed E-state index contributed by atoms with van der Waals surface area (Å²) in [5.74, 6) is 0.207. The zero-order valence-corrected chi connectivity index (χ0v) is 18.0. The molecule has 1 aliphatic heterocycles. The molecule has 1 heterocycles. The minimum atomic E-state index is -0.257. The molecule has 1 atom stereocenters. The Bertz CT molecular complexity index is 1090. The number of nitrogens with one attached hydrogen (secondary N) is 2. The van der Waals surface area contributed by atoms with Crippen LogP contribution in [0.5, 0.6) is 5.75 Å². The van der Waals surface area contributed by atoms with E-state index in [1.165, 1.54) is 0 Å². The van der Waals surface area contributed by atoms with Crippen molar-refractivity contribution < 1.29 is 19.1 Å². The third kappa shape index (κ3) is 5.74. The van der Waals surface area contributed by atoms with Crippen molar-refractivity contribution in [3.63, 3.8) is 0 Å². The van der Waals surface area contributed by atoms with Gasteiger partial charge in [0, 0.05) is 29.1 Å². The van der Waals surface area contributed by atoms with E-state index in [1.807, 2.05) is 31.2 Å². The van der Waals surface area contributed by atoms with Gasteiger partial charge in [-0.3, -0.25) is 9.59 Å². The van der Waals surface area contributed by atoms with Crippen LogP contribution in [0.25, 0.3) is 0 Å². The molecule has 0 bridgehead atoms. The van der Waals surface area contributed by atoms with Crippen LogP contribution in [0.1, 0.15) is 39.1 Å². The predicted molar refractivity (Wildman–Crippen MR) is 124 cm³/mol. The number of carbonyl (C=O) groups is 2. The summed E-state index contributed by atoms with van der Waals surface area (Å²) in [4.78, 5) is 25.2. The molecule has 6 nitrogen and oxygen atoms in total. The molecule has 2 amide bonds. The smallest absolute Gasteiger partial charge is 0.255 e. The summed E-state index contributed by atoms with van der Waals surface area (Å²) >= 11 is 0. The van der Waals surface area contributed by atoms with Gasteiger partial charge in [0.05, 0.1) is 6.10 Å². The van der Waals surface area contributed by atoms with Crippen LogP contribution in [0.15, 0.2) is 72.8 Å². The highest BCUT2D eigenvalue weighted by molar-refractivity contribution is 6.07. The molecule has 32 heavy (non-hydrogen) atoms. The van der Waals surface area contributed by atoms with Gasteiger partial charge in [-0.25, -0.2) is 0 Å². The van der Waals surface area contributed by atoms with Crippen molar-refractivity contribution in [2.45, 2.75) is 25.9 Å². The third-order valence-corrected chi connectivity index (χ3v) is 5.23. The fraction of sp³-hybridized carbons (Fsp3) is 0.231. The number of carbonyl (C=O) groups excluding carboxylic acids is 2. The summed E-state index contributed by atoms with van der Waals surface area (Å²) in [7, 11) is 0. The van der Waals surface area contributed by atoms with E-state index in [1.54, 1.807) is 48.5 Å². The number of benzene rings is 3. The fourth-order valence-electron chi connectivity index (χ4n) is 3.54. The minimum Gasteiger partial charge on any atom is -0.491 e. The van der Waals surface area contributed by atoms with Crippen molar-refractivity contribution in [2.24, 2.45) is 0 Å². The fourth-order valence-corrected chi connectivity index (χ4v) is 3.54. The zero-order valence-electron chi connectivity index (χ0n) is 18.0. The Morgan fingerprint density at radius 1 is 0.906 bits per heavy atom. The first-order chi connectivity index (χ1) is 15.6. The van der Waals surface area contributed by atoms with Crippen molar-refractivity contribution in [2.75, 3.05) is 23.8 Å². The number of hydrogen-bond donors (Lipinski definition) is 2. The number of aryl methyl sites for hydroxylation is 1. The van der Waals surface area contributed by atoms with Gasteiger partial charge in [0.1, 0.15) is 12.4 Å². The number of ether oxygens (including phenoxy) is 2. The Morgan fingerprint density at radius 3 is 2.28 bits per heavy atom. The molecular formula is C26H26N2O4. The summed E-state index contributed by atoms with van der Waals surface area (Å²) in [6.07, 6.45) is 2.23. The lowest BCUT2D eigenvalue weighted by molar-refractivity contribution is 0.0679. The molecule has 1 saturated heterocycles. The Labute approximate surface area is 187 Å². The molecule has 6 heteroatoms. The number of anilines is 2. The molecule has 0 saturated carbocycles. The molecule has 1 aliphatic rings. The molecule has 3 aromatic carbocycles. The van der Waals surface area contributed by atoms with E-state index in [-0.39, 0.29) is 17.9 Å². The normalized spacial score (nSPS) is 15.2. The molecule has 0 spiro atoms. The van der Waals surface area contributed by atoms with Crippen molar-refractivity contribution in [1.29, 1.82) is 0 Å². The van der Waals surface area contributed by atoms with Gasteiger partial charge < -0.3 is 20.1 Å². The van der Waals surface area contributed by atoms with E-state index in [0.29, 0.717) is 29.2 Å². The Kier molecular flexibility index (Phi) is 6.82. The molecule has 0 aromatic heterocycles. The first-order valence-electron chi connectivity index (χ1n) is 10.7. The van der Waals surface area contributed by atoms with Gasteiger partial charge in [0.15, 0.2) is 0 Å². The van der Waals surface area contributed by atoms with Crippen LogP contribution in [0.2, 0.25) is 0 Å². The standard InChI is InChI=1S/C26H26N2O4/c1-18-5-2-7-21(15-18)27-26(30)20-6-3-8-22(16-20)28-25(29)19-10-12-23(13-11-19)32-17-24-9-4-14-31-24/h2-3,5-8,10-13,15-16,24H,4,9,14,17H2,1H3,(H,27,30)(H,28,29). The predicted octanol–water partition coefficient (Wildman–Crippen LogP) is 5.06. The van der Waals surface area contributed by atoms with Crippen molar-refractivity contribution in [3.8, 4) is 5.75 Å². The van der Waals surface area contributed by atoms with E-state index >= 15 is 0 Å². The van der Waals surface area contributed by atoms with Gasteiger partial charge in [0.2, 0.25) is 0 Å². The van der Waals surface area contributed by atoms with E-state index in [9.17, 15) is 9.59 Å². The summed E-state index contributed by atoms with van der Waals surface area (Å²) in [6, 6.07) is 21.4. The Morgan fingerprint density at radius 2 is 1.59 bits per heavy atom. The maximum Gasteiger partial charge on any atom is 0.255 e. The Hall–Kier alpha value is -3.64. The second kappa shape index (κ2) is 10.1. The van der Waals surface area contributed by atoms with Crippen LogP contribution in [0.3, 0.4) is 0 Å². The molecule has 0 radical (unpaired) electrons. The molecule has 1 fully saturated rings. The second-order valence-corrected chi connectivity index (χ2v) is 7.83. The van der Waals surface area contributed by atoms with Gasteiger partial charge >= 0.3 is 0 Å². The van der Waals surface area contributed by atoms with Gasteiger partial charge in [-0.1, -0.05) is 18.2 Å². The largest absolute Gasteiger partial charge is 0.491 e. The van der Waals surface area contributed by atoms with Crippen LogP contribution in [-0.4, -0.2) is 31.1 Å². The summed E-state index contributed by atoms with van der Waals surface area (Å²) in [5.41, 5.74) is 3.30. The summed E-state index contributed by atoms with van der Waals surface area (Å²) in [6.45, 7) is 3.28. The second-order valence-electron chi connectivity index (χ2n) is 7.83. The average molecular weight is 431 g/mol. The molecule has 2 N–H and O–H groups in total. The highest BCUT2D eigenvalue weighted by Crippen LogP contribution is 2.19. The summed E-state index contributed by atoms with van der Waals surface area (Å²) < 4.78 is 11.3. The lowest BCUT2D eigenvalue weighted by atomic mass is 10.1. The highest BCUT2D eigenvalue weighted by atomic mass is 16.5. The number of amides is 2. The van der Waals surface area contributed by atoms with Gasteiger partial charge in [-0.2, -0.15) is 0 Å². The first kappa shape index (κ1) is 21.6. The van der Waals surface area contributed by atoms with Crippen molar-refractivity contribution in [1.82, 2.24) is 0 Å². The van der Waals surface area contributed by atoms with Gasteiger partial charge in [-0.05, 0) is 79.9 Å². The van der Waals surface area contributed by atoms with Crippen molar-refractivity contribution in [3.05, 3.63) is 89.5 Å². The monoisotopic (exact) mass is 430 g/mol. The third-order valence-electron chi connectivity index (χ3n) is 5.23.